The molecule has 4 aromatic rings. The lowest BCUT2D eigenvalue weighted by atomic mass is 10.0. The van der Waals surface area contributed by atoms with E-state index in [0.29, 0.717) is 23.1 Å². The third kappa shape index (κ3) is 3.73. The molecule has 0 aliphatic carbocycles. The summed E-state index contributed by atoms with van der Waals surface area (Å²) in [7, 11) is 2.21. The van der Waals surface area contributed by atoms with Crippen molar-refractivity contribution < 1.29 is 0 Å². The molecule has 2 aliphatic rings. The van der Waals surface area contributed by atoms with Crippen molar-refractivity contribution in [3.05, 3.63) is 52.8 Å². The number of piperazine rings is 1. The molecule has 34 heavy (non-hydrogen) atoms. The number of H-pyrrole nitrogens is 2. The highest BCUT2D eigenvalue weighted by Crippen LogP contribution is 2.30. The zero-order valence-corrected chi connectivity index (χ0v) is 19.6. The largest absolute Gasteiger partial charge is 0.397 e. The number of piperidine rings is 1. The lowest BCUT2D eigenvalue weighted by Crippen LogP contribution is -2.52. The Hall–Kier alpha value is -3.36. The normalized spacial score (nSPS) is 18.8. The number of pyridine rings is 1. The maximum absolute atomic E-state index is 12.8. The zero-order valence-electron chi connectivity index (χ0n) is 19.6. The van der Waals surface area contributed by atoms with Crippen LogP contribution in [0.2, 0.25) is 0 Å². The van der Waals surface area contributed by atoms with Crippen LogP contribution >= 0.6 is 0 Å². The van der Waals surface area contributed by atoms with E-state index >= 15 is 0 Å². The van der Waals surface area contributed by atoms with E-state index in [9.17, 15) is 4.79 Å². The summed E-state index contributed by atoms with van der Waals surface area (Å²) in [6.45, 7) is 6.82. The van der Waals surface area contributed by atoms with Gasteiger partial charge in [-0.3, -0.25) is 9.69 Å². The first-order valence-electron chi connectivity index (χ1n) is 12.1. The van der Waals surface area contributed by atoms with E-state index in [1.807, 2.05) is 30.3 Å². The third-order valence-electron chi connectivity index (χ3n) is 7.55. The van der Waals surface area contributed by atoms with Gasteiger partial charge in [0.25, 0.3) is 5.56 Å². The molecule has 2 aromatic heterocycles. The van der Waals surface area contributed by atoms with Crippen molar-refractivity contribution in [2.75, 3.05) is 56.9 Å². The van der Waals surface area contributed by atoms with Crippen LogP contribution in [0.15, 0.2) is 47.3 Å². The summed E-state index contributed by atoms with van der Waals surface area (Å²) >= 11 is 0. The van der Waals surface area contributed by atoms with Crippen LogP contribution in [-0.2, 0) is 0 Å². The molecule has 8 nitrogen and oxygen atoms in total. The summed E-state index contributed by atoms with van der Waals surface area (Å²) in [5.41, 5.74) is 10.7. The van der Waals surface area contributed by atoms with Gasteiger partial charge in [-0.1, -0.05) is 18.2 Å². The number of aromatic amines is 2. The fourth-order valence-corrected chi connectivity index (χ4v) is 5.49. The van der Waals surface area contributed by atoms with E-state index in [2.05, 4.69) is 43.8 Å². The van der Waals surface area contributed by atoms with Crippen molar-refractivity contribution in [1.82, 2.24) is 24.8 Å². The van der Waals surface area contributed by atoms with Crippen molar-refractivity contribution in [2.24, 2.45) is 0 Å². The highest BCUT2D eigenvalue weighted by Gasteiger charge is 2.27. The van der Waals surface area contributed by atoms with Gasteiger partial charge in [-0.2, -0.15) is 0 Å². The van der Waals surface area contributed by atoms with Gasteiger partial charge in [0.2, 0.25) is 0 Å². The number of nitrogens with one attached hydrogen (secondary N) is 2. The molecule has 176 valence electrons. The van der Waals surface area contributed by atoms with Gasteiger partial charge in [-0.05, 0) is 44.2 Å². The number of hydrogen-bond donors (Lipinski definition) is 3. The van der Waals surface area contributed by atoms with Crippen molar-refractivity contribution in [1.29, 1.82) is 0 Å². The third-order valence-corrected chi connectivity index (χ3v) is 7.55. The fraction of sp³-hybridized carbons (Fsp3) is 0.385. The Labute approximate surface area is 198 Å². The predicted molar refractivity (Wildman–Crippen MR) is 138 cm³/mol. The number of aromatic nitrogens is 3. The molecule has 2 fully saturated rings. The van der Waals surface area contributed by atoms with E-state index in [-0.39, 0.29) is 5.56 Å². The van der Waals surface area contributed by atoms with E-state index in [0.717, 1.165) is 35.0 Å². The summed E-state index contributed by atoms with van der Waals surface area (Å²) in [4.78, 5) is 31.3. The molecule has 8 heteroatoms. The number of likely N-dealkylation sites (N-methyl/N-ethyl adjacent to an activating group) is 1. The SMILES string of the molecule is CN1CCN(C2CCN(c3ccc4nc(-c5c(N)c6ccccc6[nH]c5=O)[nH]c4c3)CC2)CC1. The first-order valence-corrected chi connectivity index (χ1v) is 12.1. The van der Waals surface area contributed by atoms with E-state index in [1.54, 1.807) is 0 Å². The van der Waals surface area contributed by atoms with Gasteiger partial charge in [-0.15, -0.1) is 0 Å². The lowest BCUT2D eigenvalue weighted by molar-refractivity contribution is 0.0982. The highest BCUT2D eigenvalue weighted by atomic mass is 16.1. The Morgan fingerprint density at radius 3 is 2.50 bits per heavy atom. The minimum Gasteiger partial charge on any atom is -0.397 e. The Kier molecular flexibility index (Phi) is 5.27. The number of anilines is 2. The summed E-state index contributed by atoms with van der Waals surface area (Å²) in [6, 6.07) is 14.6. The number of fused-ring (bicyclic) bond motifs is 2. The lowest BCUT2D eigenvalue weighted by Gasteiger charge is -2.42. The van der Waals surface area contributed by atoms with Crippen LogP contribution in [0.1, 0.15) is 12.8 Å². The van der Waals surface area contributed by atoms with Crippen molar-refractivity contribution >= 4 is 33.3 Å². The molecule has 0 atom stereocenters. The van der Waals surface area contributed by atoms with Crippen LogP contribution < -0.4 is 16.2 Å². The molecule has 0 spiro atoms. The Balaban J connectivity index is 1.24. The number of hydrogen-bond acceptors (Lipinski definition) is 6. The summed E-state index contributed by atoms with van der Waals surface area (Å²) < 4.78 is 0. The number of para-hydroxylation sites is 1. The molecule has 4 heterocycles. The van der Waals surface area contributed by atoms with Crippen LogP contribution in [0, 0.1) is 0 Å². The molecule has 4 N–H and O–H groups in total. The molecule has 0 bridgehead atoms. The first kappa shape index (κ1) is 21.2. The molecule has 0 saturated carbocycles. The number of rotatable bonds is 3. The van der Waals surface area contributed by atoms with Crippen molar-refractivity contribution in [3.8, 4) is 11.4 Å². The van der Waals surface area contributed by atoms with Crippen LogP contribution in [0.3, 0.4) is 0 Å². The van der Waals surface area contributed by atoms with Gasteiger partial charge >= 0.3 is 0 Å². The smallest absolute Gasteiger partial charge is 0.261 e. The molecule has 2 aromatic carbocycles. The van der Waals surface area contributed by atoms with Gasteiger partial charge in [0.1, 0.15) is 11.4 Å². The maximum Gasteiger partial charge on any atom is 0.261 e. The predicted octanol–water partition coefficient (Wildman–Crippen LogP) is 2.87. The van der Waals surface area contributed by atoms with Crippen LogP contribution in [-0.4, -0.2) is 77.1 Å². The van der Waals surface area contributed by atoms with E-state index < -0.39 is 0 Å². The summed E-state index contributed by atoms with van der Waals surface area (Å²) in [5.74, 6) is 0.505. The zero-order chi connectivity index (χ0) is 23.2. The molecule has 2 aliphatic heterocycles. The Morgan fingerprint density at radius 2 is 1.71 bits per heavy atom. The van der Waals surface area contributed by atoms with Crippen molar-refractivity contribution in [2.45, 2.75) is 18.9 Å². The minimum atomic E-state index is -0.235. The molecular weight excluding hydrogens is 426 g/mol. The van der Waals surface area contributed by atoms with E-state index in [4.69, 9.17) is 10.7 Å². The standard InChI is InChI=1S/C26H31N7O/c1-31-12-14-33(15-13-31)17-8-10-32(11-9-17)18-6-7-21-22(16-18)29-25(28-21)23-24(27)19-4-2-3-5-20(19)30-26(23)34/h2-7,16-17H,8-15H2,1H3,(H,28,29)(H3,27,30,34). The second-order valence-corrected chi connectivity index (χ2v) is 9.63. The van der Waals surface area contributed by atoms with Gasteiger partial charge in [0.05, 0.1) is 22.2 Å². The number of nitrogen functional groups attached to an aromatic ring is 1. The number of nitrogens with zero attached hydrogens (tertiary/aromatic N) is 4. The topological polar surface area (TPSA) is 97.3 Å². The van der Waals surface area contributed by atoms with Gasteiger partial charge in [0, 0.05) is 56.4 Å². The van der Waals surface area contributed by atoms with Gasteiger partial charge in [-0.25, -0.2) is 4.98 Å². The molecule has 6 rings (SSSR count). The summed E-state index contributed by atoms with van der Waals surface area (Å²) in [6.07, 6.45) is 2.39. The molecule has 0 radical (unpaired) electrons. The molecule has 0 unspecified atom stereocenters. The molecular formula is C26H31N7O. The molecule has 0 amide bonds. The van der Waals surface area contributed by atoms with Crippen LogP contribution in [0.4, 0.5) is 11.4 Å². The highest BCUT2D eigenvalue weighted by molar-refractivity contribution is 5.97. The Bertz CT molecular complexity index is 1390. The second-order valence-electron chi connectivity index (χ2n) is 9.63. The molecule has 2 saturated heterocycles. The van der Waals surface area contributed by atoms with Crippen LogP contribution in [0.5, 0.6) is 0 Å². The monoisotopic (exact) mass is 457 g/mol. The van der Waals surface area contributed by atoms with Crippen molar-refractivity contribution in [3.63, 3.8) is 0 Å². The van der Waals surface area contributed by atoms with Gasteiger partial charge in [0.15, 0.2) is 0 Å². The average molecular weight is 458 g/mol. The van der Waals surface area contributed by atoms with Crippen LogP contribution in [0.25, 0.3) is 33.3 Å². The second kappa shape index (κ2) is 8.45. The quantitative estimate of drug-likeness (QED) is 0.438. The minimum absolute atomic E-state index is 0.235. The number of benzene rings is 2. The summed E-state index contributed by atoms with van der Waals surface area (Å²) in [5, 5.41) is 0.821. The average Bonchev–Trinajstić information content (AvgIpc) is 3.27. The van der Waals surface area contributed by atoms with E-state index in [1.165, 1.54) is 44.7 Å². The number of imidazole rings is 1. The number of nitrogens with two attached hydrogens (primary N) is 1. The Morgan fingerprint density at radius 1 is 0.941 bits per heavy atom. The van der Waals surface area contributed by atoms with Gasteiger partial charge < -0.3 is 25.5 Å². The fourth-order valence-electron chi connectivity index (χ4n) is 5.49. The maximum atomic E-state index is 12.8. The first-order chi connectivity index (χ1) is 16.6.